The number of rotatable bonds is 3. The SMILES string of the molecule is CC1CCN(C(=O)c2ccc([N+](=O)[O-])cc2Cl)C(CN)C1. The number of nitrogens with two attached hydrogens (primary N) is 1. The summed E-state index contributed by atoms with van der Waals surface area (Å²) in [6.07, 6.45) is 1.79. The summed E-state index contributed by atoms with van der Waals surface area (Å²) in [5, 5.41) is 10.8. The molecule has 1 fully saturated rings. The van der Waals surface area contributed by atoms with Crippen molar-refractivity contribution in [1.82, 2.24) is 4.90 Å². The third-order valence-electron chi connectivity index (χ3n) is 3.90. The minimum absolute atomic E-state index is 0.00694. The van der Waals surface area contributed by atoms with Crippen molar-refractivity contribution in [2.45, 2.75) is 25.8 Å². The number of piperidine rings is 1. The number of amides is 1. The van der Waals surface area contributed by atoms with Gasteiger partial charge in [-0.1, -0.05) is 18.5 Å². The molecule has 2 atom stereocenters. The van der Waals surface area contributed by atoms with Gasteiger partial charge in [-0.25, -0.2) is 0 Å². The fraction of sp³-hybridized carbons (Fsp3) is 0.500. The van der Waals surface area contributed by atoms with Crippen molar-refractivity contribution >= 4 is 23.2 Å². The van der Waals surface area contributed by atoms with E-state index >= 15 is 0 Å². The molecule has 1 aliphatic heterocycles. The van der Waals surface area contributed by atoms with Gasteiger partial charge in [0.2, 0.25) is 0 Å². The van der Waals surface area contributed by atoms with Crippen LogP contribution in [-0.4, -0.2) is 34.9 Å². The number of benzene rings is 1. The average Bonchev–Trinajstić information content (AvgIpc) is 2.46. The van der Waals surface area contributed by atoms with E-state index in [4.69, 9.17) is 17.3 Å². The van der Waals surface area contributed by atoms with Crippen LogP contribution < -0.4 is 5.73 Å². The summed E-state index contributed by atoms with van der Waals surface area (Å²) in [6.45, 7) is 3.18. The van der Waals surface area contributed by atoms with E-state index in [1.807, 2.05) is 0 Å². The number of hydrogen-bond donors (Lipinski definition) is 1. The Morgan fingerprint density at radius 3 is 2.86 bits per heavy atom. The van der Waals surface area contributed by atoms with Crippen LogP contribution in [0.15, 0.2) is 18.2 Å². The molecule has 0 spiro atoms. The van der Waals surface area contributed by atoms with Crippen molar-refractivity contribution in [3.8, 4) is 0 Å². The molecule has 1 saturated heterocycles. The van der Waals surface area contributed by atoms with Crippen molar-refractivity contribution in [1.29, 1.82) is 0 Å². The Hall–Kier alpha value is -1.66. The second-order valence-corrected chi connectivity index (χ2v) is 5.85. The summed E-state index contributed by atoms with van der Waals surface area (Å²) in [4.78, 5) is 24.5. The number of nitro groups is 1. The van der Waals surface area contributed by atoms with Crippen LogP contribution in [0, 0.1) is 16.0 Å². The van der Waals surface area contributed by atoms with Gasteiger partial charge in [-0.2, -0.15) is 0 Å². The Morgan fingerprint density at radius 2 is 2.29 bits per heavy atom. The van der Waals surface area contributed by atoms with Crippen molar-refractivity contribution in [2.24, 2.45) is 11.7 Å². The molecule has 1 amide bonds. The van der Waals surface area contributed by atoms with Crippen molar-refractivity contribution in [2.75, 3.05) is 13.1 Å². The Kier molecular flexibility index (Phi) is 4.80. The van der Waals surface area contributed by atoms with Crippen LogP contribution in [-0.2, 0) is 0 Å². The standard InChI is InChI=1S/C14H18ClN3O3/c1-9-4-5-17(11(6-9)8-16)14(19)12-3-2-10(18(20)21)7-13(12)15/h2-3,7,9,11H,4-6,8,16H2,1H3. The van der Waals surface area contributed by atoms with Crippen LogP contribution in [0.1, 0.15) is 30.1 Å². The maximum Gasteiger partial charge on any atom is 0.270 e. The Labute approximate surface area is 128 Å². The largest absolute Gasteiger partial charge is 0.334 e. The van der Waals surface area contributed by atoms with E-state index < -0.39 is 4.92 Å². The molecule has 0 radical (unpaired) electrons. The van der Waals surface area contributed by atoms with E-state index in [0.717, 1.165) is 12.8 Å². The molecule has 1 aliphatic rings. The second kappa shape index (κ2) is 6.41. The summed E-state index contributed by atoms with van der Waals surface area (Å²) < 4.78 is 0. The van der Waals surface area contributed by atoms with Gasteiger partial charge < -0.3 is 10.6 Å². The van der Waals surface area contributed by atoms with Crippen LogP contribution in [0.3, 0.4) is 0 Å². The first-order chi connectivity index (χ1) is 9.93. The lowest BCUT2D eigenvalue weighted by Gasteiger charge is -2.38. The van der Waals surface area contributed by atoms with E-state index in [-0.39, 0.29) is 28.2 Å². The first-order valence-corrected chi connectivity index (χ1v) is 7.26. The highest BCUT2D eigenvalue weighted by atomic mass is 35.5. The molecule has 1 aromatic rings. The maximum absolute atomic E-state index is 12.6. The van der Waals surface area contributed by atoms with Gasteiger partial charge in [0, 0.05) is 31.3 Å². The molecule has 0 aromatic heterocycles. The highest BCUT2D eigenvalue weighted by Crippen LogP contribution is 2.28. The number of carbonyl (C=O) groups is 1. The molecular formula is C14H18ClN3O3. The molecule has 0 saturated carbocycles. The fourth-order valence-electron chi connectivity index (χ4n) is 2.69. The molecule has 0 bridgehead atoms. The van der Waals surface area contributed by atoms with Gasteiger partial charge in [-0.15, -0.1) is 0 Å². The molecule has 1 heterocycles. The van der Waals surface area contributed by atoms with E-state index in [9.17, 15) is 14.9 Å². The molecule has 1 aromatic carbocycles. The van der Waals surface area contributed by atoms with E-state index in [1.54, 1.807) is 4.90 Å². The highest BCUT2D eigenvalue weighted by molar-refractivity contribution is 6.34. The number of non-ortho nitro benzene ring substituents is 1. The molecule has 2 rings (SSSR count). The zero-order chi connectivity index (χ0) is 15.6. The second-order valence-electron chi connectivity index (χ2n) is 5.44. The van der Waals surface area contributed by atoms with E-state index in [0.29, 0.717) is 19.0 Å². The van der Waals surface area contributed by atoms with Gasteiger partial charge in [0.1, 0.15) is 0 Å². The molecule has 21 heavy (non-hydrogen) atoms. The van der Waals surface area contributed by atoms with Crippen molar-refractivity contribution in [3.63, 3.8) is 0 Å². The molecular weight excluding hydrogens is 294 g/mol. The van der Waals surface area contributed by atoms with Gasteiger partial charge >= 0.3 is 0 Å². The Balaban J connectivity index is 2.25. The molecule has 2 N–H and O–H groups in total. The van der Waals surface area contributed by atoms with Gasteiger partial charge in [0.25, 0.3) is 11.6 Å². The number of carbonyl (C=O) groups excluding carboxylic acids is 1. The van der Waals surface area contributed by atoms with Crippen LogP contribution in [0.4, 0.5) is 5.69 Å². The van der Waals surface area contributed by atoms with Crippen LogP contribution >= 0.6 is 11.6 Å². The van der Waals surface area contributed by atoms with Crippen molar-refractivity contribution in [3.05, 3.63) is 38.9 Å². The fourth-order valence-corrected chi connectivity index (χ4v) is 2.94. The predicted octanol–water partition coefficient (Wildman–Crippen LogP) is 2.45. The lowest BCUT2D eigenvalue weighted by Crippen LogP contribution is -2.49. The molecule has 2 unspecified atom stereocenters. The molecule has 6 nitrogen and oxygen atoms in total. The minimum atomic E-state index is -0.536. The number of likely N-dealkylation sites (tertiary alicyclic amines) is 1. The lowest BCUT2D eigenvalue weighted by atomic mass is 9.92. The zero-order valence-electron chi connectivity index (χ0n) is 11.8. The van der Waals surface area contributed by atoms with Gasteiger partial charge in [0.05, 0.1) is 15.5 Å². The average molecular weight is 312 g/mol. The number of nitro benzene ring substituents is 1. The molecule has 0 aliphatic carbocycles. The van der Waals surface area contributed by atoms with Gasteiger partial charge in [-0.3, -0.25) is 14.9 Å². The predicted molar refractivity (Wildman–Crippen MR) is 80.4 cm³/mol. The number of nitrogens with zero attached hydrogens (tertiary/aromatic N) is 2. The van der Waals surface area contributed by atoms with Gasteiger partial charge in [-0.05, 0) is 24.8 Å². The topological polar surface area (TPSA) is 89.5 Å². The number of halogens is 1. The summed E-state index contributed by atoms with van der Waals surface area (Å²) in [5.41, 5.74) is 5.92. The van der Waals surface area contributed by atoms with Crippen LogP contribution in [0.5, 0.6) is 0 Å². The molecule has 7 heteroatoms. The first kappa shape index (κ1) is 15.7. The maximum atomic E-state index is 12.6. The van der Waals surface area contributed by atoms with E-state index in [1.165, 1.54) is 18.2 Å². The van der Waals surface area contributed by atoms with E-state index in [2.05, 4.69) is 6.92 Å². The summed E-state index contributed by atoms with van der Waals surface area (Å²) in [6, 6.07) is 3.91. The smallest absolute Gasteiger partial charge is 0.270 e. The molecule has 114 valence electrons. The van der Waals surface area contributed by atoms with Crippen LogP contribution in [0.2, 0.25) is 5.02 Å². The first-order valence-electron chi connectivity index (χ1n) is 6.89. The van der Waals surface area contributed by atoms with Crippen molar-refractivity contribution < 1.29 is 9.72 Å². The van der Waals surface area contributed by atoms with Gasteiger partial charge in [0.15, 0.2) is 0 Å². The quantitative estimate of drug-likeness (QED) is 0.686. The lowest BCUT2D eigenvalue weighted by molar-refractivity contribution is -0.384. The summed E-state index contributed by atoms with van der Waals surface area (Å²) in [7, 11) is 0. The number of hydrogen-bond acceptors (Lipinski definition) is 4. The zero-order valence-corrected chi connectivity index (χ0v) is 12.5. The third kappa shape index (κ3) is 3.33. The Bertz CT molecular complexity index is 564. The Morgan fingerprint density at radius 1 is 1.57 bits per heavy atom. The third-order valence-corrected chi connectivity index (χ3v) is 4.22. The summed E-state index contributed by atoms with van der Waals surface area (Å²) in [5.74, 6) is 0.326. The normalized spacial score (nSPS) is 22.1. The minimum Gasteiger partial charge on any atom is -0.334 e. The summed E-state index contributed by atoms with van der Waals surface area (Å²) >= 11 is 6.02. The highest BCUT2D eigenvalue weighted by Gasteiger charge is 2.30. The monoisotopic (exact) mass is 311 g/mol. The van der Waals surface area contributed by atoms with Crippen LogP contribution in [0.25, 0.3) is 0 Å².